The van der Waals surface area contributed by atoms with E-state index >= 15 is 0 Å². The lowest BCUT2D eigenvalue weighted by Gasteiger charge is -1.90. The second kappa shape index (κ2) is 2.77. The Kier molecular flexibility index (Phi) is 1.99. The average molecular weight is 253 g/mol. The first kappa shape index (κ1) is 8.63. The third-order valence-electron chi connectivity index (χ3n) is 2.22. The number of hydrogen-bond acceptors (Lipinski definition) is 1. The van der Waals surface area contributed by atoms with Crippen molar-refractivity contribution in [2.45, 2.75) is 11.8 Å². The smallest absolute Gasteiger partial charge is 0.206 e. The average Bonchev–Trinajstić information content (AvgIpc) is 2.50. The highest BCUT2D eigenvalue weighted by Crippen LogP contribution is 2.62. The summed E-state index contributed by atoms with van der Waals surface area (Å²) < 4.78 is 26.0. The van der Waals surface area contributed by atoms with E-state index in [-0.39, 0.29) is 0 Å². The molecule has 0 amide bonds. The molecule has 1 aromatic rings. The Morgan fingerprint density at radius 3 is 2.75 bits per heavy atom. The molecule has 0 spiro atoms. The molecule has 1 saturated carbocycles. The van der Waals surface area contributed by atoms with Crippen LogP contribution < -0.4 is 0 Å². The summed E-state index contributed by atoms with van der Waals surface area (Å²) in [5, 5.41) is 2.23. The van der Waals surface area contributed by atoms with E-state index in [0.717, 1.165) is 4.88 Å². The summed E-state index contributed by atoms with van der Waals surface area (Å²) in [6, 6.07) is 3.60. The van der Waals surface area contributed by atoms with Gasteiger partial charge >= 0.3 is 0 Å². The van der Waals surface area contributed by atoms with E-state index in [9.17, 15) is 8.78 Å². The zero-order valence-corrected chi connectivity index (χ0v) is 8.54. The Bertz CT molecular complexity index is 271. The number of thiophene rings is 1. The van der Waals surface area contributed by atoms with Gasteiger partial charge in [-0.05, 0) is 11.4 Å². The zero-order chi connectivity index (χ0) is 8.77. The minimum absolute atomic E-state index is 0.391. The lowest BCUT2D eigenvalue weighted by atomic mass is 10.3. The number of halogens is 3. The van der Waals surface area contributed by atoms with Crippen LogP contribution in [0.15, 0.2) is 17.5 Å². The standard InChI is InChI=1S/C8H7BrF2S/c9-4-5-7(8(5,10)11)6-2-1-3-12-6/h1-3,5,7H,4H2/t5-,7+/m1/s1. The summed E-state index contributed by atoms with van der Waals surface area (Å²) in [7, 11) is 0. The van der Waals surface area contributed by atoms with E-state index in [4.69, 9.17) is 0 Å². The third kappa shape index (κ3) is 1.12. The molecule has 1 fully saturated rings. The van der Waals surface area contributed by atoms with Gasteiger partial charge in [0.25, 0.3) is 5.92 Å². The van der Waals surface area contributed by atoms with E-state index in [0.29, 0.717) is 5.33 Å². The van der Waals surface area contributed by atoms with Gasteiger partial charge in [-0.25, -0.2) is 8.78 Å². The van der Waals surface area contributed by atoms with Crippen LogP contribution in [0.3, 0.4) is 0 Å². The van der Waals surface area contributed by atoms with Crippen LogP contribution in [-0.4, -0.2) is 11.3 Å². The first-order valence-corrected chi connectivity index (χ1v) is 5.65. The summed E-state index contributed by atoms with van der Waals surface area (Å²) in [6.07, 6.45) is 0. The molecule has 12 heavy (non-hydrogen) atoms. The molecule has 66 valence electrons. The van der Waals surface area contributed by atoms with Crippen molar-refractivity contribution in [2.24, 2.45) is 5.92 Å². The van der Waals surface area contributed by atoms with Crippen LogP contribution in [0.4, 0.5) is 8.78 Å². The molecular formula is C8H7BrF2S. The molecule has 4 heteroatoms. The Balaban J connectivity index is 2.19. The van der Waals surface area contributed by atoms with Crippen LogP contribution in [0.5, 0.6) is 0 Å². The van der Waals surface area contributed by atoms with Gasteiger partial charge in [-0.1, -0.05) is 22.0 Å². The highest BCUT2D eigenvalue weighted by molar-refractivity contribution is 9.09. The van der Waals surface area contributed by atoms with E-state index in [2.05, 4.69) is 15.9 Å². The minimum atomic E-state index is -2.48. The van der Waals surface area contributed by atoms with Gasteiger partial charge < -0.3 is 0 Å². The Labute approximate surface area is 81.7 Å². The quantitative estimate of drug-likeness (QED) is 0.708. The molecule has 1 aliphatic carbocycles. The summed E-state index contributed by atoms with van der Waals surface area (Å²) in [6.45, 7) is 0. The van der Waals surface area contributed by atoms with Crippen molar-refractivity contribution in [3.8, 4) is 0 Å². The topological polar surface area (TPSA) is 0 Å². The summed E-state index contributed by atoms with van der Waals surface area (Å²) in [5.41, 5.74) is 0. The molecule has 0 aromatic carbocycles. The number of hydrogen-bond donors (Lipinski definition) is 0. The Morgan fingerprint density at radius 2 is 2.33 bits per heavy atom. The van der Waals surface area contributed by atoms with Crippen LogP contribution >= 0.6 is 27.3 Å². The van der Waals surface area contributed by atoms with Crippen molar-refractivity contribution in [2.75, 3.05) is 5.33 Å². The maximum absolute atomic E-state index is 13.0. The normalized spacial score (nSPS) is 31.9. The second-order valence-corrected chi connectivity index (χ2v) is 4.56. The van der Waals surface area contributed by atoms with E-state index < -0.39 is 17.8 Å². The van der Waals surface area contributed by atoms with Crippen molar-refractivity contribution in [3.63, 3.8) is 0 Å². The SMILES string of the molecule is FC1(F)[C@H](CBr)[C@H]1c1cccs1. The van der Waals surface area contributed by atoms with Crippen molar-refractivity contribution < 1.29 is 8.78 Å². The van der Waals surface area contributed by atoms with Crippen molar-refractivity contribution in [3.05, 3.63) is 22.4 Å². The predicted molar refractivity (Wildman–Crippen MR) is 49.3 cm³/mol. The summed E-state index contributed by atoms with van der Waals surface area (Å²) >= 11 is 4.52. The molecule has 0 radical (unpaired) electrons. The lowest BCUT2D eigenvalue weighted by molar-refractivity contribution is 0.0977. The number of alkyl halides is 3. The molecule has 2 rings (SSSR count). The predicted octanol–water partition coefficient (Wildman–Crippen LogP) is 3.49. The molecule has 0 bridgehead atoms. The molecular weight excluding hydrogens is 246 g/mol. The van der Waals surface area contributed by atoms with Crippen LogP contribution in [0.25, 0.3) is 0 Å². The second-order valence-electron chi connectivity index (χ2n) is 2.93. The van der Waals surface area contributed by atoms with E-state index in [1.165, 1.54) is 11.3 Å². The molecule has 1 heterocycles. The van der Waals surface area contributed by atoms with Gasteiger partial charge in [0.15, 0.2) is 0 Å². The first-order chi connectivity index (χ1) is 5.68. The molecule has 1 aliphatic rings. The maximum atomic E-state index is 13.0. The molecule has 0 aliphatic heterocycles. The van der Waals surface area contributed by atoms with Crippen molar-refractivity contribution in [1.82, 2.24) is 0 Å². The van der Waals surface area contributed by atoms with Crippen molar-refractivity contribution in [1.29, 1.82) is 0 Å². The van der Waals surface area contributed by atoms with Crippen LogP contribution in [0, 0.1) is 5.92 Å². The zero-order valence-electron chi connectivity index (χ0n) is 6.14. The Hall–Kier alpha value is 0.0400. The molecule has 0 N–H and O–H groups in total. The third-order valence-corrected chi connectivity index (χ3v) is 3.87. The van der Waals surface area contributed by atoms with Crippen LogP contribution in [0.1, 0.15) is 10.8 Å². The largest absolute Gasteiger partial charge is 0.260 e. The lowest BCUT2D eigenvalue weighted by Crippen LogP contribution is -1.94. The van der Waals surface area contributed by atoms with Gasteiger partial charge in [0.1, 0.15) is 0 Å². The number of rotatable bonds is 2. The first-order valence-electron chi connectivity index (χ1n) is 3.65. The fourth-order valence-electron chi connectivity index (χ4n) is 1.44. The van der Waals surface area contributed by atoms with Crippen LogP contribution in [0.2, 0.25) is 0 Å². The highest BCUT2D eigenvalue weighted by Gasteiger charge is 2.68. The van der Waals surface area contributed by atoms with Crippen LogP contribution in [-0.2, 0) is 0 Å². The highest BCUT2D eigenvalue weighted by atomic mass is 79.9. The minimum Gasteiger partial charge on any atom is -0.206 e. The maximum Gasteiger partial charge on any atom is 0.260 e. The van der Waals surface area contributed by atoms with Gasteiger partial charge in [-0.15, -0.1) is 11.3 Å². The molecule has 0 nitrogen and oxygen atoms in total. The fourth-order valence-corrected chi connectivity index (χ4v) is 3.18. The molecule has 2 atom stereocenters. The van der Waals surface area contributed by atoms with Gasteiger partial charge in [0.2, 0.25) is 0 Å². The van der Waals surface area contributed by atoms with Gasteiger partial charge in [-0.3, -0.25) is 0 Å². The van der Waals surface area contributed by atoms with Gasteiger partial charge in [0.05, 0.1) is 5.92 Å². The molecule has 1 aromatic heterocycles. The monoisotopic (exact) mass is 252 g/mol. The summed E-state index contributed by atoms with van der Waals surface area (Å²) in [5.74, 6) is -3.50. The molecule has 0 unspecified atom stereocenters. The van der Waals surface area contributed by atoms with Crippen molar-refractivity contribution >= 4 is 27.3 Å². The molecule has 0 saturated heterocycles. The van der Waals surface area contributed by atoms with E-state index in [1.54, 1.807) is 6.07 Å². The Morgan fingerprint density at radius 1 is 1.58 bits per heavy atom. The fraction of sp³-hybridized carbons (Fsp3) is 0.500. The van der Waals surface area contributed by atoms with Gasteiger partial charge in [-0.2, -0.15) is 0 Å². The van der Waals surface area contributed by atoms with E-state index in [1.807, 2.05) is 11.4 Å². The summed E-state index contributed by atoms with van der Waals surface area (Å²) in [4.78, 5) is 0.810. The van der Waals surface area contributed by atoms with Gasteiger partial charge in [0, 0.05) is 16.1 Å².